The largest absolute Gasteiger partial charge is 0.357 e. The highest BCUT2D eigenvalue weighted by atomic mass is 127. The van der Waals surface area contributed by atoms with E-state index in [0.717, 1.165) is 19.0 Å². The second kappa shape index (κ2) is 10.1. The molecular weight excluding hydrogens is 399 g/mol. The Bertz CT molecular complexity index is 475. The summed E-state index contributed by atoms with van der Waals surface area (Å²) in [6.07, 6.45) is 0. The number of aliphatic imine (C=N–C) groups is 1. The van der Waals surface area contributed by atoms with Crippen molar-refractivity contribution in [2.75, 3.05) is 27.2 Å². The van der Waals surface area contributed by atoms with Crippen LogP contribution in [0.2, 0.25) is 0 Å². The molecule has 0 aliphatic rings. The topological polar surface area (TPSA) is 39.7 Å². The summed E-state index contributed by atoms with van der Waals surface area (Å²) in [5.74, 6) is 0.869. The number of halogens is 1. The van der Waals surface area contributed by atoms with Crippen molar-refractivity contribution in [3.63, 3.8) is 0 Å². The minimum Gasteiger partial charge on any atom is -0.357 e. The van der Waals surface area contributed by atoms with Crippen molar-refractivity contribution in [1.82, 2.24) is 15.5 Å². The Morgan fingerprint density at radius 3 is 2.17 bits per heavy atom. The summed E-state index contributed by atoms with van der Waals surface area (Å²) in [5, 5.41) is 6.75. The maximum Gasteiger partial charge on any atom is 0.191 e. The standard InChI is InChI=1S/C18H32N4.HI/c1-8-19-17(21-18(3,4)5)20-13-16(22(6)7)15-11-9-14(2)10-12-15;/h9-12,16H,8,13H2,1-7H3,(H2,19,20,21);1H. The van der Waals surface area contributed by atoms with Gasteiger partial charge in [0.05, 0.1) is 12.6 Å². The lowest BCUT2D eigenvalue weighted by atomic mass is 10.0. The molecule has 23 heavy (non-hydrogen) atoms. The lowest BCUT2D eigenvalue weighted by Gasteiger charge is -2.26. The van der Waals surface area contributed by atoms with E-state index in [2.05, 4.69) is 88.5 Å². The highest BCUT2D eigenvalue weighted by Gasteiger charge is 2.16. The first-order chi connectivity index (χ1) is 10.2. The molecule has 5 heteroatoms. The van der Waals surface area contributed by atoms with Gasteiger partial charge in [-0.2, -0.15) is 0 Å². The molecule has 0 aliphatic carbocycles. The lowest BCUT2D eigenvalue weighted by Crippen LogP contribution is -2.47. The van der Waals surface area contributed by atoms with Crippen LogP contribution in [0.3, 0.4) is 0 Å². The first-order valence-electron chi connectivity index (χ1n) is 8.02. The zero-order valence-electron chi connectivity index (χ0n) is 15.6. The van der Waals surface area contributed by atoms with Gasteiger partial charge in [-0.25, -0.2) is 0 Å². The molecule has 1 aromatic carbocycles. The SMILES string of the molecule is CCNC(=NCC(c1ccc(C)cc1)N(C)C)NC(C)(C)C.I. The molecule has 132 valence electrons. The van der Waals surface area contributed by atoms with Gasteiger partial charge in [0.2, 0.25) is 0 Å². The zero-order valence-corrected chi connectivity index (χ0v) is 17.9. The van der Waals surface area contributed by atoms with Crippen molar-refractivity contribution in [1.29, 1.82) is 0 Å². The molecule has 1 rings (SSSR count). The van der Waals surface area contributed by atoms with E-state index in [1.165, 1.54) is 11.1 Å². The normalized spacial score (nSPS) is 13.5. The Morgan fingerprint density at radius 1 is 1.17 bits per heavy atom. The van der Waals surface area contributed by atoms with Crippen molar-refractivity contribution < 1.29 is 0 Å². The molecule has 1 unspecified atom stereocenters. The fourth-order valence-electron chi connectivity index (χ4n) is 2.20. The summed E-state index contributed by atoms with van der Waals surface area (Å²) < 4.78 is 0. The number of aryl methyl sites for hydroxylation is 1. The van der Waals surface area contributed by atoms with Crippen molar-refractivity contribution in [3.05, 3.63) is 35.4 Å². The second-order valence-electron chi connectivity index (χ2n) is 6.98. The van der Waals surface area contributed by atoms with E-state index < -0.39 is 0 Å². The van der Waals surface area contributed by atoms with Gasteiger partial charge >= 0.3 is 0 Å². The van der Waals surface area contributed by atoms with E-state index in [4.69, 9.17) is 4.99 Å². The molecule has 1 aromatic rings. The van der Waals surface area contributed by atoms with Gasteiger partial charge in [-0.3, -0.25) is 4.99 Å². The van der Waals surface area contributed by atoms with E-state index in [0.29, 0.717) is 0 Å². The molecule has 0 aliphatic heterocycles. The van der Waals surface area contributed by atoms with Crippen molar-refractivity contribution in [3.8, 4) is 0 Å². The van der Waals surface area contributed by atoms with Gasteiger partial charge in [0.1, 0.15) is 0 Å². The van der Waals surface area contributed by atoms with E-state index >= 15 is 0 Å². The van der Waals surface area contributed by atoms with Gasteiger partial charge in [0, 0.05) is 12.1 Å². The molecule has 0 aromatic heterocycles. The van der Waals surface area contributed by atoms with Crippen molar-refractivity contribution in [2.24, 2.45) is 4.99 Å². The number of likely N-dealkylation sites (N-methyl/N-ethyl adjacent to an activating group) is 1. The zero-order chi connectivity index (χ0) is 16.8. The summed E-state index contributed by atoms with van der Waals surface area (Å²) in [4.78, 5) is 6.99. The number of rotatable bonds is 5. The van der Waals surface area contributed by atoms with Crippen LogP contribution in [0.25, 0.3) is 0 Å². The number of hydrogen-bond acceptors (Lipinski definition) is 2. The minimum absolute atomic E-state index is 0. The van der Waals surface area contributed by atoms with Crippen molar-refractivity contribution in [2.45, 2.75) is 46.2 Å². The number of guanidine groups is 1. The maximum absolute atomic E-state index is 4.77. The molecular formula is C18H33IN4. The van der Waals surface area contributed by atoms with Crippen LogP contribution in [0, 0.1) is 6.92 Å². The quantitative estimate of drug-likeness (QED) is 0.425. The fourth-order valence-corrected chi connectivity index (χ4v) is 2.20. The van der Waals surface area contributed by atoms with Crippen LogP contribution >= 0.6 is 24.0 Å². The average Bonchev–Trinajstić information content (AvgIpc) is 2.39. The second-order valence-corrected chi connectivity index (χ2v) is 6.98. The third kappa shape index (κ3) is 8.55. The van der Waals surface area contributed by atoms with Crippen LogP contribution in [-0.4, -0.2) is 43.6 Å². The van der Waals surface area contributed by atoms with E-state index in [1.807, 2.05) is 0 Å². The Hall–Kier alpha value is -0.820. The first kappa shape index (κ1) is 22.2. The molecule has 4 nitrogen and oxygen atoms in total. The number of hydrogen-bond donors (Lipinski definition) is 2. The van der Waals surface area contributed by atoms with Crippen LogP contribution in [0.4, 0.5) is 0 Å². The number of benzene rings is 1. The van der Waals surface area contributed by atoms with Crippen LogP contribution in [0.5, 0.6) is 0 Å². The summed E-state index contributed by atoms with van der Waals surface area (Å²) in [5.41, 5.74) is 2.58. The predicted molar refractivity (Wildman–Crippen MR) is 112 cm³/mol. The summed E-state index contributed by atoms with van der Waals surface area (Å²) in [6.45, 7) is 12.2. The van der Waals surface area contributed by atoms with Crippen molar-refractivity contribution >= 4 is 29.9 Å². The van der Waals surface area contributed by atoms with Gasteiger partial charge in [-0.05, 0) is 54.3 Å². The van der Waals surface area contributed by atoms with E-state index in [9.17, 15) is 0 Å². The molecule has 0 saturated carbocycles. The van der Waals surface area contributed by atoms with Crippen LogP contribution in [-0.2, 0) is 0 Å². The predicted octanol–water partition coefficient (Wildman–Crippen LogP) is 3.57. The maximum atomic E-state index is 4.77. The fraction of sp³-hybridized carbons (Fsp3) is 0.611. The summed E-state index contributed by atoms with van der Waals surface area (Å²) in [6, 6.07) is 8.98. The molecule has 0 radical (unpaired) electrons. The van der Waals surface area contributed by atoms with Crippen LogP contribution < -0.4 is 10.6 Å². The van der Waals surface area contributed by atoms with Gasteiger partial charge in [-0.1, -0.05) is 29.8 Å². The van der Waals surface area contributed by atoms with Gasteiger partial charge in [-0.15, -0.1) is 24.0 Å². The molecule has 0 spiro atoms. The molecule has 0 fully saturated rings. The molecule has 0 bridgehead atoms. The third-order valence-electron chi connectivity index (χ3n) is 3.35. The van der Waals surface area contributed by atoms with Crippen LogP contribution in [0.1, 0.15) is 44.9 Å². The lowest BCUT2D eigenvalue weighted by molar-refractivity contribution is 0.306. The van der Waals surface area contributed by atoms with E-state index in [1.54, 1.807) is 0 Å². The van der Waals surface area contributed by atoms with Crippen LogP contribution in [0.15, 0.2) is 29.3 Å². The van der Waals surface area contributed by atoms with Gasteiger partial charge < -0.3 is 15.5 Å². The number of nitrogens with one attached hydrogen (secondary N) is 2. The van der Waals surface area contributed by atoms with E-state index in [-0.39, 0.29) is 35.6 Å². The smallest absolute Gasteiger partial charge is 0.191 e. The van der Waals surface area contributed by atoms with Gasteiger partial charge in [0.25, 0.3) is 0 Å². The highest BCUT2D eigenvalue weighted by Crippen LogP contribution is 2.19. The molecule has 1 atom stereocenters. The molecule has 2 N–H and O–H groups in total. The average molecular weight is 432 g/mol. The Balaban J connectivity index is 0.00000484. The third-order valence-corrected chi connectivity index (χ3v) is 3.35. The first-order valence-corrected chi connectivity index (χ1v) is 8.02. The number of nitrogens with zero attached hydrogens (tertiary/aromatic N) is 2. The molecule has 0 saturated heterocycles. The highest BCUT2D eigenvalue weighted by molar-refractivity contribution is 14.0. The summed E-state index contributed by atoms with van der Waals surface area (Å²) in [7, 11) is 4.20. The minimum atomic E-state index is -0.00151. The summed E-state index contributed by atoms with van der Waals surface area (Å²) >= 11 is 0. The monoisotopic (exact) mass is 432 g/mol. The Morgan fingerprint density at radius 2 is 1.74 bits per heavy atom. The Kier molecular flexibility index (Phi) is 9.77. The van der Waals surface area contributed by atoms with Gasteiger partial charge in [0.15, 0.2) is 5.96 Å². The molecule has 0 heterocycles. The Labute approximate surface area is 159 Å². The molecule has 0 amide bonds.